The second-order valence-corrected chi connectivity index (χ2v) is 4.23. The number of carbonyl (C=O) groups excluding carboxylic acids is 1. The van der Waals surface area contributed by atoms with Crippen molar-refractivity contribution in [3.05, 3.63) is 22.4 Å². The predicted molar refractivity (Wildman–Crippen MR) is 66.4 cm³/mol. The van der Waals surface area contributed by atoms with Crippen LogP contribution in [0.4, 0.5) is 5.69 Å². The van der Waals surface area contributed by atoms with Crippen LogP contribution in [0.3, 0.4) is 0 Å². The number of ether oxygens (including phenoxy) is 1. The molecule has 1 aromatic rings. The Kier molecular flexibility index (Phi) is 5.42. The van der Waals surface area contributed by atoms with Crippen LogP contribution in [-0.2, 0) is 9.53 Å². The highest BCUT2D eigenvalue weighted by atomic mass is 79.9. The number of pyridine rings is 1. The van der Waals surface area contributed by atoms with Crippen molar-refractivity contribution in [3.63, 3.8) is 0 Å². The van der Waals surface area contributed by atoms with Crippen molar-refractivity contribution in [2.75, 3.05) is 19.0 Å². The zero-order chi connectivity index (χ0) is 12.0. The number of hydrogen-bond acceptors (Lipinski definition) is 3. The van der Waals surface area contributed by atoms with E-state index in [1.165, 1.54) is 0 Å². The number of hydrogen-bond donors (Lipinski definition) is 1. The third-order valence-corrected chi connectivity index (χ3v) is 2.88. The smallest absolute Gasteiger partial charge is 0.224 e. The number of aromatic nitrogens is 1. The van der Waals surface area contributed by atoms with E-state index in [4.69, 9.17) is 4.74 Å². The minimum Gasteiger partial charge on any atom is -0.385 e. The normalized spacial score (nSPS) is 10.2. The summed E-state index contributed by atoms with van der Waals surface area (Å²) in [6, 6.07) is 1.88. The van der Waals surface area contributed by atoms with Crippen LogP contribution in [0.2, 0.25) is 0 Å². The first kappa shape index (κ1) is 13.1. The highest BCUT2D eigenvalue weighted by molar-refractivity contribution is 9.10. The lowest BCUT2D eigenvalue weighted by Crippen LogP contribution is -2.12. The fraction of sp³-hybridized carbons (Fsp3) is 0.455. The summed E-state index contributed by atoms with van der Waals surface area (Å²) in [5, 5.41) is 2.79. The maximum Gasteiger partial charge on any atom is 0.224 e. The molecule has 0 unspecified atom stereocenters. The van der Waals surface area contributed by atoms with Crippen LogP contribution in [-0.4, -0.2) is 24.6 Å². The van der Waals surface area contributed by atoms with Crippen molar-refractivity contribution in [1.29, 1.82) is 0 Å². The monoisotopic (exact) mass is 286 g/mol. The van der Waals surface area contributed by atoms with Gasteiger partial charge in [-0.15, -0.1) is 0 Å². The summed E-state index contributed by atoms with van der Waals surface area (Å²) in [7, 11) is 1.62. The molecule has 1 heterocycles. The lowest BCUT2D eigenvalue weighted by molar-refractivity contribution is -0.116. The molecule has 0 fully saturated rings. The topological polar surface area (TPSA) is 51.2 Å². The van der Waals surface area contributed by atoms with Crippen molar-refractivity contribution in [1.82, 2.24) is 4.98 Å². The van der Waals surface area contributed by atoms with Crippen LogP contribution in [0, 0.1) is 6.92 Å². The van der Waals surface area contributed by atoms with Gasteiger partial charge in [0.2, 0.25) is 5.91 Å². The van der Waals surface area contributed by atoms with E-state index >= 15 is 0 Å². The summed E-state index contributed by atoms with van der Waals surface area (Å²) in [4.78, 5) is 15.6. The Morgan fingerprint density at radius 1 is 1.62 bits per heavy atom. The van der Waals surface area contributed by atoms with Crippen LogP contribution in [0.5, 0.6) is 0 Å². The van der Waals surface area contributed by atoms with E-state index in [9.17, 15) is 4.79 Å². The Morgan fingerprint density at radius 2 is 2.38 bits per heavy atom. The van der Waals surface area contributed by atoms with Gasteiger partial charge in [0.1, 0.15) is 4.60 Å². The van der Waals surface area contributed by atoms with Crippen molar-refractivity contribution in [3.8, 4) is 0 Å². The standard InChI is InChI=1S/C11H15BrN2O2/c1-8-6-9(7-13-11(8)12)14-10(15)4-3-5-16-2/h6-7H,3-5H2,1-2H3,(H,14,15). The maximum atomic E-state index is 11.5. The number of methoxy groups -OCH3 is 1. The van der Waals surface area contributed by atoms with Crippen LogP contribution < -0.4 is 5.32 Å². The Labute approximate surface area is 104 Å². The average Bonchev–Trinajstić information content (AvgIpc) is 2.24. The van der Waals surface area contributed by atoms with Gasteiger partial charge in [-0.05, 0) is 40.9 Å². The fourth-order valence-corrected chi connectivity index (χ4v) is 1.44. The Bertz CT molecular complexity index is 369. The molecule has 1 amide bonds. The number of amides is 1. The quantitative estimate of drug-likeness (QED) is 0.668. The van der Waals surface area contributed by atoms with Crippen LogP contribution in [0.25, 0.3) is 0 Å². The molecule has 1 rings (SSSR count). The van der Waals surface area contributed by atoms with Gasteiger partial charge in [0, 0.05) is 20.1 Å². The van der Waals surface area contributed by atoms with E-state index in [-0.39, 0.29) is 5.91 Å². The molecule has 0 aromatic carbocycles. The minimum atomic E-state index is -0.0134. The summed E-state index contributed by atoms with van der Waals surface area (Å²) in [6.07, 6.45) is 2.82. The molecule has 0 atom stereocenters. The highest BCUT2D eigenvalue weighted by Crippen LogP contribution is 2.16. The number of carbonyl (C=O) groups is 1. The maximum absolute atomic E-state index is 11.5. The third-order valence-electron chi connectivity index (χ3n) is 2.05. The van der Waals surface area contributed by atoms with E-state index in [1.807, 2.05) is 13.0 Å². The molecule has 4 nitrogen and oxygen atoms in total. The van der Waals surface area contributed by atoms with E-state index in [1.54, 1.807) is 13.3 Å². The molecule has 88 valence electrons. The van der Waals surface area contributed by atoms with Gasteiger partial charge in [-0.1, -0.05) is 0 Å². The van der Waals surface area contributed by atoms with Gasteiger partial charge in [0.25, 0.3) is 0 Å². The number of halogens is 1. The minimum absolute atomic E-state index is 0.0134. The first-order valence-electron chi connectivity index (χ1n) is 5.04. The molecule has 1 aromatic heterocycles. The summed E-state index contributed by atoms with van der Waals surface area (Å²) in [5.74, 6) is -0.0134. The molecular weight excluding hydrogens is 272 g/mol. The number of nitrogens with zero attached hydrogens (tertiary/aromatic N) is 1. The zero-order valence-corrected chi connectivity index (χ0v) is 11.0. The first-order valence-corrected chi connectivity index (χ1v) is 5.83. The average molecular weight is 287 g/mol. The third kappa shape index (κ3) is 4.28. The summed E-state index contributed by atoms with van der Waals surface area (Å²) in [5.41, 5.74) is 1.72. The summed E-state index contributed by atoms with van der Waals surface area (Å²) >= 11 is 3.31. The van der Waals surface area contributed by atoms with Crippen LogP contribution in [0.15, 0.2) is 16.9 Å². The van der Waals surface area contributed by atoms with Gasteiger partial charge in [-0.2, -0.15) is 0 Å². The zero-order valence-electron chi connectivity index (χ0n) is 9.42. The first-order chi connectivity index (χ1) is 7.63. The molecule has 16 heavy (non-hydrogen) atoms. The van der Waals surface area contributed by atoms with Gasteiger partial charge in [0.15, 0.2) is 0 Å². The van der Waals surface area contributed by atoms with E-state index in [0.717, 1.165) is 22.3 Å². The molecule has 0 saturated heterocycles. The van der Waals surface area contributed by atoms with Gasteiger partial charge >= 0.3 is 0 Å². The Morgan fingerprint density at radius 3 is 3.00 bits per heavy atom. The lowest BCUT2D eigenvalue weighted by atomic mass is 10.2. The molecule has 1 N–H and O–H groups in total. The van der Waals surface area contributed by atoms with E-state index in [0.29, 0.717) is 13.0 Å². The molecule has 0 aliphatic heterocycles. The largest absolute Gasteiger partial charge is 0.385 e. The van der Waals surface area contributed by atoms with E-state index in [2.05, 4.69) is 26.2 Å². The molecule has 0 saturated carbocycles. The number of anilines is 1. The molecule has 0 radical (unpaired) electrons. The molecule has 0 aliphatic carbocycles. The van der Waals surface area contributed by atoms with Crippen molar-refractivity contribution >= 4 is 27.5 Å². The summed E-state index contributed by atoms with van der Waals surface area (Å²) < 4.78 is 5.67. The molecule has 0 spiro atoms. The van der Waals surface area contributed by atoms with Gasteiger partial charge in [-0.3, -0.25) is 4.79 Å². The van der Waals surface area contributed by atoms with E-state index < -0.39 is 0 Å². The van der Waals surface area contributed by atoms with Crippen molar-refractivity contribution in [2.24, 2.45) is 0 Å². The number of rotatable bonds is 5. The second kappa shape index (κ2) is 6.60. The van der Waals surface area contributed by atoms with Gasteiger partial charge < -0.3 is 10.1 Å². The Hall–Kier alpha value is -0.940. The number of nitrogens with one attached hydrogen (secondary N) is 1. The van der Waals surface area contributed by atoms with Crippen molar-refractivity contribution < 1.29 is 9.53 Å². The lowest BCUT2D eigenvalue weighted by Gasteiger charge is -2.06. The van der Waals surface area contributed by atoms with Gasteiger partial charge in [-0.25, -0.2) is 4.98 Å². The molecule has 0 aliphatic rings. The Balaban J connectivity index is 2.46. The second-order valence-electron chi connectivity index (χ2n) is 3.48. The van der Waals surface area contributed by atoms with Gasteiger partial charge in [0.05, 0.1) is 11.9 Å². The highest BCUT2D eigenvalue weighted by Gasteiger charge is 2.03. The molecular formula is C11H15BrN2O2. The molecule has 0 bridgehead atoms. The molecule has 5 heteroatoms. The van der Waals surface area contributed by atoms with Crippen LogP contribution in [0.1, 0.15) is 18.4 Å². The number of aryl methyl sites for hydroxylation is 1. The summed E-state index contributed by atoms with van der Waals surface area (Å²) in [6.45, 7) is 2.53. The fourth-order valence-electron chi connectivity index (χ4n) is 1.23. The van der Waals surface area contributed by atoms with Crippen LogP contribution >= 0.6 is 15.9 Å². The predicted octanol–water partition coefficient (Wildman–Crippen LogP) is 2.52. The van der Waals surface area contributed by atoms with Crippen molar-refractivity contribution in [2.45, 2.75) is 19.8 Å². The SMILES string of the molecule is COCCCC(=O)Nc1cnc(Br)c(C)c1.